The van der Waals surface area contributed by atoms with Crippen molar-refractivity contribution in [3.05, 3.63) is 104 Å². The lowest BCUT2D eigenvalue weighted by atomic mass is 10.1. The van der Waals surface area contributed by atoms with Crippen LogP contribution in [-0.2, 0) is 14.0 Å². The van der Waals surface area contributed by atoms with Crippen LogP contribution < -0.4 is 15.6 Å². The quantitative estimate of drug-likeness (QED) is 0.129. The fraction of sp³-hybridized carbons (Fsp3) is 0.250. The van der Waals surface area contributed by atoms with Crippen LogP contribution in [0.15, 0.2) is 104 Å². The summed E-state index contributed by atoms with van der Waals surface area (Å²) in [5.41, 5.74) is 0. The number of esters is 1. The van der Waals surface area contributed by atoms with Crippen molar-refractivity contribution in [2.24, 2.45) is 0 Å². The Morgan fingerprint density at radius 3 is 1.50 bits per heavy atom. The van der Waals surface area contributed by atoms with Crippen LogP contribution in [0.2, 0.25) is 0 Å². The Bertz CT molecular complexity index is 846. The maximum atomic E-state index is 11.1. The average Bonchev–Trinajstić information content (AvgIpc) is 2.87. The second-order valence-electron chi connectivity index (χ2n) is 7.77. The zero-order chi connectivity index (χ0) is 22.5. The van der Waals surface area contributed by atoms with Crippen LogP contribution in [-0.4, -0.2) is 27.5 Å². The third kappa shape index (κ3) is 6.28. The van der Waals surface area contributed by atoms with Gasteiger partial charge >= 0.3 is 5.97 Å². The molecule has 0 radical (unpaired) electrons. The summed E-state index contributed by atoms with van der Waals surface area (Å²) in [5, 5.41) is 3.80. The van der Waals surface area contributed by atoms with Crippen LogP contribution in [0.3, 0.4) is 0 Å². The zero-order valence-electron chi connectivity index (χ0n) is 18.6. The summed E-state index contributed by atoms with van der Waals surface area (Å²) < 4.78 is 12.0. The predicted octanol–water partition coefficient (Wildman–Crippen LogP) is 4.35. The van der Waals surface area contributed by atoms with E-state index in [1.54, 1.807) is 0 Å². The fourth-order valence-corrected chi connectivity index (χ4v) is 7.90. The van der Waals surface area contributed by atoms with Crippen molar-refractivity contribution in [3.8, 4) is 0 Å². The molecule has 0 unspecified atom stereocenters. The first-order valence-corrected chi connectivity index (χ1v) is 13.3. The lowest BCUT2D eigenvalue weighted by Crippen LogP contribution is -2.69. The summed E-state index contributed by atoms with van der Waals surface area (Å²) in [7, 11) is -2.59. The molecule has 3 nitrogen and oxygen atoms in total. The molecule has 3 aromatic rings. The number of carbonyl (C=O) groups is 1. The van der Waals surface area contributed by atoms with E-state index in [-0.39, 0.29) is 5.97 Å². The molecule has 0 N–H and O–H groups in total. The van der Waals surface area contributed by atoms with Crippen molar-refractivity contribution in [2.45, 2.75) is 32.1 Å². The number of hydrogen-bond acceptors (Lipinski definition) is 3. The minimum Gasteiger partial charge on any atom is -0.463 e. The van der Waals surface area contributed by atoms with Crippen molar-refractivity contribution in [1.29, 1.82) is 0 Å². The van der Waals surface area contributed by atoms with Crippen LogP contribution in [0.1, 0.15) is 32.1 Å². The van der Waals surface area contributed by atoms with Gasteiger partial charge in [0, 0.05) is 12.7 Å². The molecule has 0 aliphatic heterocycles. The maximum Gasteiger partial charge on any atom is 0.330 e. The molecule has 0 amide bonds. The van der Waals surface area contributed by atoms with Gasteiger partial charge < -0.3 is 9.16 Å². The molecule has 0 aromatic heterocycles. The van der Waals surface area contributed by atoms with Gasteiger partial charge in [-0.25, -0.2) is 4.79 Å². The van der Waals surface area contributed by atoms with Gasteiger partial charge in [-0.2, -0.15) is 0 Å². The van der Waals surface area contributed by atoms with Gasteiger partial charge in [-0.3, -0.25) is 0 Å². The summed E-state index contributed by atoms with van der Waals surface area (Å²) in [5.74, 6) is -0.345. The maximum absolute atomic E-state index is 11.1. The molecule has 32 heavy (non-hydrogen) atoms. The van der Waals surface area contributed by atoms with Gasteiger partial charge in [0.2, 0.25) is 0 Å². The lowest BCUT2D eigenvalue weighted by molar-refractivity contribution is -0.137. The van der Waals surface area contributed by atoms with Crippen LogP contribution in [0.5, 0.6) is 0 Å². The van der Waals surface area contributed by atoms with Crippen molar-refractivity contribution in [1.82, 2.24) is 0 Å². The number of carbonyl (C=O) groups excluding carboxylic acids is 1. The van der Waals surface area contributed by atoms with E-state index in [0.717, 1.165) is 38.7 Å². The van der Waals surface area contributed by atoms with Gasteiger partial charge in [-0.05, 0) is 28.4 Å². The van der Waals surface area contributed by atoms with Crippen molar-refractivity contribution in [3.63, 3.8) is 0 Å². The molecule has 0 spiro atoms. The fourth-order valence-electron chi connectivity index (χ4n) is 3.96. The molecule has 4 heteroatoms. The van der Waals surface area contributed by atoms with E-state index in [1.165, 1.54) is 21.6 Å². The summed E-state index contributed by atoms with van der Waals surface area (Å²) in [6.07, 6.45) is 6.34. The predicted molar refractivity (Wildman–Crippen MR) is 134 cm³/mol. The minimum atomic E-state index is -2.59. The Balaban J connectivity index is 1.68. The SMILES string of the molecule is C=CC(=O)OCCCCCCCO[Si](c1ccccc1)(c1ccccc1)c1ccccc1. The standard InChI is InChI=1S/C28H32O3Si/c1-2-28(29)30-23-15-4-3-5-16-24-31-32(25-17-9-6-10-18-25,26-19-11-7-12-20-26)27-21-13-8-14-22-27/h2,6-14,17-22H,1,3-5,15-16,23-24H2. The molecule has 3 aromatic carbocycles. The van der Waals surface area contributed by atoms with Crippen LogP contribution >= 0.6 is 0 Å². The largest absolute Gasteiger partial charge is 0.463 e. The first-order valence-electron chi connectivity index (χ1n) is 11.4. The van der Waals surface area contributed by atoms with Crippen LogP contribution in [0.4, 0.5) is 0 Å². The Morgan fingerprint density at radius 2 is 1.06 bits per heavy atom. The van der Waals surface area contributed by atoms with Gasteiger partial charge in [0.15, 0.2) is 0 Å². The highest BCUT2D eigenvalue weighted by Crippen LogP contribution is 2.12. The van der Waals surface area contributed by atoms with E-state index in [0.29, 0.717) is 6.61 Å². The molecule has 0 atom stereocenters. The molecule has 0 heterocycles. The monoisotopic (exact) mass is 444 g/mol. The molecule has 0 saturated heterocycles. The highest BCUT2D eigenvalue weighted by molar-refractivity contribution is 7.07. The van der Waals surface area contributed by atoms with Crippen molar-refractivity contribution in [2.75, 3.05) is 13.2 Å². The Morgan fingerprint density at radius 1 is 0.656 bits per heavy atom. The molecule has 166 valence electrons. The Hall–Kier alpha value is -2.95. The van der Waals surface area contributed by atoms with Gasteiger partial charge in [0.05, 0.1) is 6.61 Å². The lowest BCUT2D eigenvalue weighted by Gasteiger charge is -2.33. The smallest absolute Gasteiger partial charge is 0.330 e. The highest BCUT2D eigenvalue weighted by Gasteiger charge is 2.41. The summed E-state index contributed by atoms with van der Waals surface area (Å²) in [6.45, 7) is 4.59. The van der Waals surface area contributed by atoms with Gasteiger partial charge in [0.1, 0.15) is 0 Å². The minimum absolute atomic E-state index is 0.345. The van der Waals surface area contributed by atoms with Crippen molar-refractivity contribution >= 4 is 29.8 Å². The molecule has 0 saturated carbocycles. The second-order valence-corrected chi connectivity index (χ2v) is 11.2. The van der Waals surface area contributed by atoms with E-state index in [4.69, 9.17) is 9.16 Å². The Labute approximate surface area is 192 Å². The normalized spacial score (nSPS) is 11.1. The van der Waals surface area contributed by atoms with Crippen LogP contribution in [0.25, 0.3) is 0 Å². The molecule has 0 aliphatic carbocycles. The molecule has 0 bridgehead atoms. The first-order chi connectivity index (χ1) is 15.8. The first kappa shape index (κ1) is 23.7. The molecule has 0 aliphatic rings. The third-order valence-electron chi connectivity index (χ3n) is 5.56. The van der Waals surface area contributed by atoms with Crippen molar-refractivity contribution < 1.29 is 14.0 Å². The van der Waals surface area contributed by atoms with Crippen LogP contribution in [0, 0.1) is 0 Å². The zero-order valence-corrected chi connectivity index (χ0v) is 19.6. The second kappa shape index (κ2) is 12.8. The number of unbranched alkanes of at least 4 members (excludes halogenated alkanes) is 4. The number of benzene rings is 3. The highest BCUT2D eigenvalue weighted by atomic mass is 28.4. The van der Waals surface area contributed by atoms with E-state index in [2.05, 4.69) is 97.6 Å². The van der Waals surface area contributed by atoms with Gasteiger partial charge in [0.25, 0.3) is 8.32 Å². The third-order valence-corrected chi connectivity index (χ3v) is 9.64. The van der Waals surface area contributed by atoms with E-state index in [1.807, 2.05) is 0 Å². The number of ether oxygens (including phenoxy) is 1. The topological polar surface area (TPSA) is 35.5 Å². The molecular weight excluding hydrogens is 412 g/mol. The summed E-state index contributed by atoms with van der Waals surface area (Å²) >= 11 is 0. The summed E-state index contributed by atoms with van der Waals surface area (Å²) in [6, 6.07) is 32.0. The molecular formula is C28H32O3Si. The average molecular weight is 445 g/mol. The number of rotatable bonds is 13. The molecule has 3 rings (SSSR count). The Kier molecular flexibility index (Phi) is 9.48. The van der Waals surface area contributed by atoms with E-state index in [9.17, 15) is 4.79 Å². The van der Waals surface area contributed by atoms with Gasteiger partial charge in [-0.15, -0.1) is 0 Å². The van der Waals surface area contributed by atoms with Gasteiger partial charge in [-0.1, -0.05) is 117 Å². The summed E-state index contributed by atoms with van der Waals surface area (Å²) in [4.78, 5) is 11.1. The van der Waals surface area contributed by atoms with E-state index >= 15 is 0 Å². The molecule has 0 fully saturated rings. The number of hydrogen-bond donors (Lipinski definition) is 0. The van der Waals surface area contributed by atoms with E-state index < -0.39 is 8.32 Å².